The van der Waals surface area contributed by atoms with E-state index in [2.05, 4.69) is 10.3 Å². The van der Waals surface area contributed by atoms with E-state index in [4.69, 9.17) is 16.3 Å². The lowest BCUT2D eigenvalue weighted by atomic mass is 9.88. The number of halogens is 4. The smallest absolute Gasteiger partial charge is 0.417 e. The fourth-order valence-corrected chi connectivity index (χ4v) is 2.45. The molecule has 140 valence electrons. The molecular formula is C16H20ClF3N2O3. The Morgan fingerprint density at radius 2 is 1.88 bits per heavy atom. The van der Waals surface area contributed by atoms with Gasteiger partial charge in [0, 0.05) is 6.20 Å². The molecule has 0 fully saturated rings. The topological polar surface area (TPSA) is 68.3 Å². The van der Waals surface area contributed by atoms with Crippen LogP contribution in [0.25, 0.3) is 0 Å². The summed E-state index contributed by atoms with van der Waals surface area (Å²) in [4.78, 5) is 27.6. The molecule has 0 spiro atoms. The number of pyridine rings is 1. The zero-order valence-corrected chi connectivity index (χ0v) is 15.1. The number of alkyl halides is 3. The van der Waals surface area contributed by atoms with Crippen LogP contribution in [0.15, 0.2) is 12.3 Å². The quantitative estimate of drug-likeness (QED) is 0.781. The van der Waals surface area contributed by atoms with E-state index in [9.17, 15) is 22.8 Å². The predicted molar refractivity (Wildman–Crippen MR) is 86.5 cm³/mol. The second kappa shape index (κ2) is 8.03. The molecule has 5 nitrogen and oxygen atoms in total. The Morgan fingerprint density at radius 3 is 2.28 bits per heavy atom. The first-order valence-electron chi connectivity index (χ1n) is 7.69. The maximum Gasteiger partial charge on any atom is 0.417 e. The van der Waals surface area contributed by atoms with Crippen LogP contribution in [-0.4, -0.2) is 28.3 Å². The number of amides is 1. The molecule has 0 saturated carbocycles. The third kappa shape index (κ3) is 5.07. The van der Waals surface area contributed by atoms with Crippen LogP contribution in [-0.2, 0) is 15.8 Å². The third-order valence-electron chi connectivity index (χ3n) is 4.04. The molecule has 1 aromatic rings. The Bertz CT molecular complexity index is 646. The van der Waals surface area contributed by atoms with Crippen LogP contribution in [0.3, 0.4) is 0 Å². The van der Waals surface area contributed by atoms with Crippen molar-refractivity contribution in [1.29, 1.82) is 0 Å². The summed E-state index contributed by atoms with van der Waals surface area (Å²) in [6, 6.07) is 0.673. The fourth-order valence-electron chi connectivity index (χ4n) is 2.24. The number of nitrogens with zero attached hydrogens (tertiary/aromatic N) is 1. The zero-order chi connectivity index (χ0) is 19.4. The average molecular weight is 381 g/mol. The van der Waals surface area contributed by atoms with Crippen molar-refractivity contribution in [3.63, 3.8) is 0 Å². The highest BCUT2D eigenvalue weighted by Crippen LogP contribution is 2.33. The van der Waals surface area contributed by atoms with E-state index in [0.717, 1.165) is 0 Å². The van der Waals surface area contributed by atoms with Gasteiger partial charge < -0.3 is 10.1 Å². The second-order valence-electron chi connectivity index (χ2n) is 5.60. The molecule has 25 heavy (non-hydrogen) atoms. The molecule has 0 aliphatic carbocycles. The molecule has 9 heteroatoms. The Kier molecular flexibility index (Phi) is 6.82. The molecule has 0 saturated heterocycles. The van der Waals surface area contributed by atoms with Crippen molar-refractivity contribution in [3.05, 3.63) is 22.8 Å². The van der Waals surface area contributed by atoms with Crippen molar-refractivity contribution in [2.45, 2.75) is 58.4 Å². The SMILES string of the molecule is CCC(CC)(NC(=O)C(C)Oc1ncc(C(F)(F)F)cc1Cl)C(C)=O. The Balaban J connectivity index is 2.90. The maximum atomic E-state index is 12.6. The highest BCUT2D eigenvalue weighted by molar-refractivity contribution is 6.31. The minimum absolute atomic E-state index is 0.191. The number of aromatic nitrogens is 1. The summed E-state index contributed by atoms with van der Waals surface area (Å²) in [5.41, 5.74) is -2.03. The molecule has 1 aromatic heterocycles. The van der Waals surface area contributed by atoms with Crippen molar-refractivity contribution in [3.8, 4) is 5.88 Å². The van der Waals surface area contributed by atoms with Crippen LogP contribution in [0.5, 0.6) is 5.88 Å². The molecule has 1 rings (SSSR count). The molecule has 1 amide bonds. The van der Waals surface area contributed by atoms with E-state index < -0.39 is 29.3 Å². The molecule has 0 bridgehead atoms. The van der Waals surface area contributed by atoms with Gasteiger partial charge in [-0.25, -0.2) is 4.98 Å². The second-order valence-corrected chi connectivity index (χ2v) is 6.01. The summed E-state index contributed by atoms with van der Waals surface area (Å²) in [6.07, 6.45) is -4.31. The number of carbonyl (C=O) groups excluding carboxylic acids is 2. The Labute approximate surface area is 148 Å². The molecule has 1 heterocycles. The van der Waals surface area contributed by atoms with Crippen LogP contribution >= 0.6 is 11.6 Å². The summed E-state index contributed by atoms with van der Waals surface area (Å²) in [7, 11) is 0. The summed E-state index contributed by atoms with van der Waals surface area (Å²) in [5, 5.41) is 2.28. The van der Waals surface area contributed by atoms with Gasteiger partial charge in [0.15, 0.2) is 11.9 Å². The number of Topliss-reactive ketones (excluding diaryl/α,β-unsaturated/α-hetero) is 1. The van der Waals surface area contributed by atoms with Crippen molar-refractivity contribution in [1.82, 2.24) is 10.3 Å². The number of ketones is 1. The average Bonchev–Trinajstić information content (AvgIpc) is 2.52. The largest absolute Gasteiger partial charge is 0.463 e. The minimum atomic E-state index is -4.58. The van der Waals surface area contributed by atoms with E-state index in [1.165, 1.54) is 13.8 Å². The number of carbonyl (C=O) groups is 2. The number of rotatable bonds is 7. The molecule has 0 aliphatic rings. The van der Waals surface area contributed by atoms with E-state index in [0.29, 0.717) is 25.1 Å². The van der Waals surface area contributed by atoms with Crippen LogP contribution in [0.2, 0.25) is 5.02 Å². The zero-order valence-electron chi connectivity index (χ0n) is 14.3. The van der Waals surface area contributed by atoms with Crippen molar-refractivity contribution in [2.24, 2.45) is 0 Å². The number of nitrogens with one attached hydrogen (secondary N) is 1. The lowest BCUT2D eigenvalue weighted by Gasteiger charge is -2.31. The van der Waals surface area contributed by atoms with Gasteiger partial charge in [-0.1, -0.05) is 25.4 Å². The normalized spacial score (nSPS) is 13.3. The highest BCUT2D eigenvalue weighted by Gasteiger charge is 2.35. The first kappa shape index (κ1) is 21.2. The van der Waals surface area contributed by atoms with Gasteiger partial charge in [0.1, 0.15) is 5.02 Å². The first-order chi connectivity index (χ1) is 11.5. The lowest BCUT2D eigenvalue weighted by molar-refractivity contribution is -0.138. The molecule has 0 radical (unpaired) electrons. The van der Waals surface area contributed by atoms with Crippen LogP contribution in [0.1, 0.15) is 46.1 Å². The van der Waals surface area contributed by atoms with Crippen molar-refractivity contribution in [2.75, 3.05) is 0 Å². The maximum absolute atomic E-state index is 12.6. The van der Waals surface area contributed by atoms with Gasteiger partial charge in [-0.05, 0) is 32.8 Å². The fraction of sp³-hybridized carbons (Fsp3) is 0.562. The van der Waals surface area contributed by atoms with Gasteiger partial charge in [-0.3, -0.25) is 9.59 Å². The number of ether oxygens (including phenoxy) is 1. The summed E-state index contributed by atoms with van der Waals surface area (Å²) in [5.74, 6) is -1.07. The Morgan fingerprint density at radius 1 is 1.32 bits per heavy atom. The van der Waals surface area contributed by atoms with Gasteiger partial charge in [0.2, 0.25) is 5.88 Å². The van der Waals surface area contributed by atoms with E-state index >= 15 is 0 Å². The standard InChI is InChI=1S/C16H20ClF3N2O3/c1-5-15(6-2,10(4)23)22-13(24)9(3)25-14-12(17)7-11(8-21-14)16(18,19)20/h7-9H,5-6H2,1-4H3,(H,22,24). The third-order valence-corrected chi connectivity index (χ3v) is 4.31. The van der Waals surface area contributed by atoms with Crippen molar-refractivity contribution < 1.29 is 27.5 Å². The highest BCUT2D eigenvalue weighted by atomic mass is 35.5. The van der Waals surface area contributed by atoms with Gasteiger partial charge in [-0.2, -0.15) is 13.2 Å². The molecule has 1 unspecified atom stereocenters. The van der Waals surface area contributed by atoms with E-state index in [1.54, 1.807) is 13.8 Å². The number of hydrogen-bond donors (Lipinski definition) is 1. The van der Waals surface area contributed by atoms with E-state index in [1.807, 2.05) is 0 Å². The van der Waals surface area contributed by atoms with Crippen LogP contribution in [0, 0.1) is 0 Å². The molecule has 0 aromatic carbocycles. The van der Waals surface area contributed by atoms with Gasteiger partial charge in [0.25, 0.3) is 5.91 Å². The Hall–Kier alpha value is -1.83. The van der Waals surface area contributed by atoms with Gasteiger partial charge in [-0.15, -0.1) is 0 Å². The minimum Gasteiger partial charge on any atom is -0.463 e. The summed E-state index contributed by atoms with van der Waals surface area (Å²) < 4.78 is 43.0. The monoisotopic (exact) mass is 380 g/mol. The van der Waals surface area contributed by atoms with Crippen molar-refractivity contribution >= 4 is 23.3 Å². The molecule has 1 N–H and O–H groups in total. The molecule has 1 atom stereocenters. The lowest BCUT2D eigenvalue weighted by Crippen LogP contribution is -2.55. The summed E-state index contributed by atoms with van der Waals surface area (Å²) in [6.45, 7) is 6.31. The molecule has 0 aliphatic heterocycles. The molecular weight excluding hydrogens is 361 g/mol. The van der Waals surface area contributed by atoms with Crippen LogP contribution < -0.4 is 10.1 Å². The number of hydrogen-bond acceptors (Lipinski definition) is 4. The first-order valence-corrected chi connectivity index (χ1v) is 8.07. The van der Waals surface area contributed by atoms with Crippen LogP contribution in [0.4, 0.5) is 13.2 Å². The van der Waals surface area contributed by atoms with Gasteiger partial charge >= 0.3 is 6.18 Å². The van der Waals surface area contributed by atoms with E-state index in [-0.39, 0.29) is 16.7 Å². The van der Waals surface area contributed by atoms with Gasteiger partial charge in [0.05, 0.1) is 11.1 Å². The predicted octanol–water partition coefficient (Wildman–Crippen LogP) is 3.79. The summed E-state index contributed by atoms with van der Waals surface area (Å²) >= 11 is 5.75.